The number of carbonyl (C=O) groups excluding carboxylic acids is 1. The van der Waals surface area contributed by atoms with Gasteiger partial charge in [-0.1, -0.05) is 12.1 Å². The summed E-state index contributed by atoms with van der Waals surface area (Å²) in [5.41, 5.74) is 2.39. The predicted molar refractivity (Wildman–Crippen MR) is 102 cm³/mol. The maximum Gasteiger partial charge on any atom is 0.264 e. The quantitative estimate of drug-likeness (QED) is 0.531. The van der Waals surface area contributed by atoms with Crippen LogP contribution in [0.1, 0.15) is 11.1 Å². The van der Waals surface area contributed by atoms with E-state index in [9.17, 15) is 9.90 Å². The number of aryl methyl sites for hydroxylation is 2. The molecule has 0 saturated carbocycles. The topological polar surface area (TPSA) is 70.6 Å². The number of hydrogen-bond acceptors (Lipinski definition) is 4. The fourth-order valence-corrected chi connectivity index (χ4v) is 2.78. The Kier molecular flexibility index (Phi) is 6.16. The summed E-state index contributed by atoms with van der Waals surface area (Å²) in [7, 11) is 0. The van der Waals surface area contributed by atoms with E-state index < -0.39 is 0 Å². The van der Waals surface area contributed by atoms with Gasteiger partial charge in [0.2, 0.25) is 0 Å². The highest BCUT2D eigenvalue weighted by molar-refractivity contribution is 9.10. The molecule has 2 aromatic carbocycles. The van der Waals surface area contributed by atoms with Crippen molar-refractivity contribution in [2.45, 2.75) is 13.8 Å². The largest absolute Gasteiger partial charge is 0.506 e. The van der Waals surface area contributed by atoms with Crippen molar-refractivity contribution in [3.63, 3.8) is 0 Å². The number of carbonyl (C=O) groups is 1. The molecule has 0 aliphatic carbocycles. The Morgan fingerprint density at radius 2 is 2.04 bits per heavy atom. The van der Waals surface area contributed by atoms with Gasteiger partial charge in [0.05, 0.1) is 4.47 Å². The van der Waals surface area contributed by atoms with Crippen LogP contribution in [-0.2, 0) is 4.79 Å². The molecule has 0 heterocycles. The van der Waals surface area contributed by atoms with Gasteiger partial charge in [-0.05, 0) is 77.4 Å². The van der Waals surface area contributed by atoms with E-state index in [0.717, 1.165) is 5.56 Å². The molecule has 0 spiro atoms. The monoisotopic (exact) mass is 408 g/mol. The zero-order valence-corrected chi connectivity index (χ0v) is 15.6. The third-order valence-electron chi connectivity index (χ3n) is 3.12. The second-order valence-electron chi connectivity index (χ2n) is 5.23. The maximum absolute atomic E-state index is 11.9. The van der Waals surface area contributed by atoms with Crippen molar-refractivity contribution >= 4 is 44.9 Å². The molecule has 0 aromatic heterocycles. The molecule has 2 aromatic rings. The molecule has 0 saturated heterocycles. The molecule has 24 heavy (non-hydrogen) atoms. The van der Waals surface area contributed by atoms with Crippen LogP contribution in [0.4, 0.5) is 5.69 Å². The first-order valence-electron chi connectivity index (χ1n) is 7.14. The number of nitrogens with one attached hydrogen (secondary N) is 2. The van der Waals surface area contributed by atoms with E-state index in [0.29, 0.717) is 21.5 Å². The van der Waals surface area contributed by atoms with Crippen molar-refractivity contribution in [1.82, 2.24) is 5.32 Å². The molecular weight excluding hydrogens is 392 g/mol. The Labute approximate surface area is 154 Å². The minimum absolute atomic E-state index is 0.135. The van der Waals surface area contributed by atoms with Gasteiger partial charge in [-0.3, -0.25) is 10.1 Å². The number of thiocarbonyl (C=S) groups is 1. The number of rotatable bonds is 4. The van der Waals surface area contributed by atoms with Crippen molar-refractivity contribution in [1.29, 1.82) is 0 Å². The Balaban J connectivity index is 1.87. The SMILES string of the molecule is Cc1cccc(OCC(=O)NC(=S)Nc2cc(C)c(O)c(Br)c2)c1. The summed E-state index contributed by atoms with van der Waals surface area (Å²) in [6.45, 7) is 3.58. The summed E-state index contributed by atoms with van der Waals surface area (Å²) < 4.78 is 5.96. The third kappa shape index (κ3) is 5.21. The number of anilines is 1. The third-order valence-corrected chi connectivity index (χ3v) is 3.93. The number of aromatic hydroxyl groups is 1. The first kappa shape index (κ1) is 18.2. The molecule has 0 atom stereocenters. The second-order valence-corrected chi connectivity index (χ2v) is 6.49. The molecule has 0 aliphatic rings. The van der Waals surface area contributed by atoms with Crippen LogP contribution in [0.2, 0.25) is 0 Å². The standard InChI is InChI=1S/C17H17BrN2O3S/c1-10-4-3-5-13(6-10)23-9-15(21)20-17(24)19-12-7-11(2)16(22)14(18)8-12/h3-8,22H,9H2,1-2H3,(H2,19,20,21,24). The van der Waals surface area contributed by atoms with Gasteiger partial charge in [0.1, 0.15) is 11.5 Å². The first-order valence-corrected chi connectivity index (χ1v) is 8.34. The molecule has 1 amide bonds. The molecule has 0 bridgehead atoms. The number of hydrogen-bond donors (Lipinski definition) is 3. The van der Waals surface area contributed by atoms with E-state index in [4.69, 9.17) is 17.0 Å². The van der Waals surface area contributed by atoms with Gasteiger partial charge in [-0.15, -0.1) is 0 Å². The number of halogens is 1. The lowest BCUT2D eigenvalue weighted by Crippen LogP contribution is -2.37. The molecule has 126 valence electrons. The first-order chi connectivity index (χ1) is 11.3. The number of benzene rings is 2. The molecule has 0 aliphatic heterocycles. The van der Waals surface area contributed by atoms with E-state index in [1.807, 2.05) is 25.1 Å². The van der Waals surface area contributed by atoms with Crippen molar-refractivity contribution < 1.29 is 14.6 Å². The molecule has 7 heteroatoms. The predicted octanol–water partition coefficient (Wildman–Crippen LogP) is 3.66. The lowest BCUT2D eigenvalue weighted by molar-refractivity contribution is -0.121. The maximum atomic E-state index is 11.9. The number of phenols is 1. The van der Waals surface area contributed by atoms with Gasteiger partial charge < -0.3 is 15.2 Å². The van der Waals surface area contributed by atoms with Gasteiger partial charge in [0, 0.05) is 5.69 Å². The summed E-state index contributed by atoms with van der Waals surface area (Å²) in [6, 6.07) is 10.8. The van der Waals surface area contributed by atoms with E-state index >= 15 is 0 Å². The molecule has 0 fully saturated rings. The van der Waals surface area contributed by atoms with Gasteiger partial charge >= 0.3 is 0 Å². The second kappa shape index (κ2) is 8.12. The van der Waals surface area contributed by atoms with Crippen LogP contribution in [0.15, 0.2) is 40.9 Å². The Bertz CT molecular complexity index is 757. The molecule has 2 rings (SSSR count). The highest BCUT2D eigenvalue weighted by Gasteiger charge is 2.09. The van der Waals surface area contributed by atoms with Gasteiger partial charge in [-0.25, -0.2) is 0 Å². The van der Waals surface area contributed by atoms with Gasteiger partial charge in [-0.2, -0.15) is 0 Å². The highest BCUT2D eigenvalue weighted by atomic mass is 79.9. The minimum atomic E-state index is -0.358. The Hall–Kier alpha value is -2.12. The number of phenolic OH excluding ortho intramolecular Hbond substituents is 1. The van der Waals surface area contributed by atoms with Crippen LogP contribution in [0, 0.1) is 13.8 Å². The molecule has 5 nitrogen and oxygen atoms in total. The molecule has 0 radical (unpaired) electrons. The van der Waals surface area contributed by atoms with Crippen molar-refractivity contribution in [2.24, 2.45) is 0 Å². The lowest BCUT2D eigenvalue weighted by atomic mass is 10.2. The Morgan fingerprint density at radius 3 is 2.71 bits per heavy atom. The summed E-state index contributed by atoms with van der Waals surface area (Å²) in [6.07, 6.45) is 0. The fourth-order valence-electron chi connectivity index (χ4n) is 1.99. The molecular formula is C17H17BrN2O3S. The van der Waals surface area contributed by atoms with Crippen molar-refractivity contribution in [3.05, 3.63) is 52.0 Å². The van der Waals surface area contributed by atoms with Gasteiger partial charge in [0.15, 0.2) is 11.7 Å². The summed E-state index contributed by atoms with van der Waals surface area (Å²) in [4.78, 5) is 11.9. The van der Waals surface area contributed by atoms with Crippen LogP contribution < -0.4 is 15.4 Å². The van der Waals surface area contributed by atoms with Crippen LogP contribution in [0.5, 0.6) is 11.5 Å². The number of amides is 1. The lowest BCUT2D eigenvalue weighted by Gasteiger charge is -2.12. The molecule has 0 unspecified atom stereocenters. The van der Waals surface area contributed by atoms with Crippen LogP contribution in [0.3, 0.4) is 0 Å². The van der Waals surface area contributed by atoms with Crippen LogP contribution in [-0.4, -0.2) is 22.7 Å². The zero-order valence-electron chi connectivity index (χ0n) is 13.2. The highest BCUT2D eigenvalue weighted by Crippen LogP contribution is 2.30. The van der Waals surface area contributed by atoms with Crippen LogP contribution in [0.25, 0.3) is 0 Å². The fraction of sp³-hybridized carbons (Fsp3) is 0.176. The summed E-state index contributed by atoms with van der Waals surface area (Å²) in [5.74, 6) is 0.438. The van der Waals surface area contributed by atoms with Crippen molar-refractivity contribution in [2.75, 3.05) is 11.9 Å². The summed E-state index contributed by atoms with van der Waals surface area (Å²) in [5, 5.41) is 15.3. The van der Waals surface area contributed by atoms with Crippen molar-refractivity contribution in [3.8, 4) is 11.5 Å². The number of ether oxygens (including phenoxy) is 1. The minimum Gasteiger partial charge on any atom is -0.506 e. The zero-order chi connectivity index (χ0) is 17.7. The molecule has 3 N–H and O–H groups in total. The van der Waals surface area contributed by atoms with E-state index in [2.05, 4.69) is 26.6 Å². The average molecular weight is 409 g/mol. The van der Waals surface area contributed by atoms with Gasteiger partial charge in [0.25, 0.3) is 5.91 Å². The van der Waals surface area contributed by atoms with Crippen LogP contribution >= 0.6 is 28.1 Å². The van der Waals surface area contributed by atoms with E-state index in [1.165, 1.54) is 0 Å². The average Bonchev–Trinajstić information content (AvgIpc) is 2.50. The van der Waals surface area contributed by atoms with E-state index in [-0.39, 0.29) is 23.4 Å². The summed E-state index contributed by atoms with van der Waals surface area (Å²) >= 11 is 8.36. The van der Waals surface area contributed by atoms with E-state index in [1.54, 1.807) is 25.1 Å². The normalized spacial score (nSPS) is 10.1. The smallest absolute Gasteiger partial charge is 0.264 e. The Morgan fingerprint density at radius 1 is 1.29 bits per heavy atom.